The molecule has 0 aromatic carbocycles. The summed E-state index contributed by atoms with van der Waals surface area (Å²) in [5.74, 6) is 2.32. The fourth-order valence-corrected chi connectivity index (χ4v) is 4.94. The van der Waals surface area contributed by atoms with Crippen molar-refractivity contribution in [3.63, 3.8) is 0 Å². The molecule has 3 aliphatic rings. The number of carbonyl (C=O) groups is 1. The largest absolute Gasteiger partial charge is 0.481 e. The van der Waals surface area contributed by atoms with Crippen molar-refractivity contribution < 1.29 is 9.90 Å². The van der Waals surface area contributed by atoms with Crippen LogP contribution in [0.4, 0.5) is 0 Å². The van der Waals surface area contributed by atoms with Crippen molar-refractivity contribution >= 4 is 5.97 Å². The molecule has 0 aromatic heterocycles. The lowest BCUT2D eigenvalue weighted by molar-refractivity contribution is -0.156. The molecule has 0 spiro atoms. The van der Waals surface area contributed by atoms with Gasteiger partial charge < -0.3 is 10.8 Å². The van der Waals surface area contributed by atoms with E-state index >= 15 is 0 Å². The molecule has 0 amide bonds. The number of nitrogens with two attached hydrogens (primary N) is 1. The minimum Gasteiger partial charge on any atom is -0.481 e. The Kier molecular flexibility index (Phi) is 1.91. The number of fused-ring (bicyclic) bond motifs is 1. The Balaban J connectivity index is 1.88. The van der Waals surface area contributed by atoms with E-state index in [1.54, 1.807) is 0 Å². The van der Waals surface area contributed by atoms with Crippen LogP contribution in [0.25, 0.3) is 0 Å². The predicted octanol–water partition coefficient (Wildman–Crippen LogP) is 1.47. The van der Waals surface area contributed by atoms with Crippen LogP contribution in [0, 0.1) is 29.1 Å². The van der Waals surface area contributed by atoms with Crippen LogP contribution in [0.1, 0.15) is 32.1 Å². The topological polar surface area (TPSA) is 63.3 Å². The summed E-state index contributed by atoms with van der Waals surface area (Å²) >= 11 is 0. The van der Waals surface area contributed by atoms with E-state index in [1.807, 2.05) is 0 Å². The molecule has 3 aliphatic carbocycles. The van der Waals surface area contributed by atoms with E-state index in [-0.39, 0.29) is 5.41 Å². The van der Waals surface area contributed by atoms with Crippen LogP contribution in [-0.2, 0) is 4.79 Å². The van der Waals surface area contributed by atoms with Crippen LogP contribution in [0.5, 0.6) is 0 Å². The zero-order valence-corrected chi connectivity index (χ0v) is 8.98. The summed E-state index contributed by atoms with van der Waals surface area (Å²) in [5.41, 5.74) is 5.87. The first kappa shape index (κ1) is 9.64. The van der Waals surface area contributed by atoms with Gasteiger partial charge in [-0.2, -0.15) is 0 Å². The van der Waals surface area contributed by atoms with Gasteiger partial charge in [-0.15, -0.1) is 0 Å². The lowest BCUT2D eigenvalue weighted by atomic mass is 9.45. The third-order valence-electron chi connectivity index (χ3n) is 5.45. The van der Waals surface area contributed by atoms with Gasteiger partial charge in [0, 0.05) is 0 Å². The molecule has 15 heavy (non-hydrogen) atoms. The van der Waals surface area contributed by atoms with Gasteiger partial charge in [0.2, 0.25) is 0 Å². The van der Waals surface area contributed by atoms with Crippen LogP contribution in [-0.4, -0.2) is 17.6 Å². The third kappa shape index (κ3) is 1.07. The van der Waals surface area contributed by atoms with E-state index in [4.69, 9.17) is 10.8 Å². The van der Waals surface area contributed by atoms with Crippen LogP contribution in [0.3, 0.4) is 0 Å². The monoisotopic (exact) mass is 209 g/mol. The summed E-state index contributed by atoms with van der Waals surface area (Å²) in [6.07, 6.45) is 5.47. The van der Waals surface area contributed by atoms with Crippen molar-refractivity contribution in [3.8, 4) is 0 Å². The van der Waals surface area contributed by atoms with E-state index < -0.39 is 5.97 Å². The highest BCUT2D eigenvalue weighted by atomic mass is 16.4. The molecule has 2 bridgehead atoms. The Bertz CT molecular complexity index is 296. The van der Waals surface area contributed by atoms with E-state index in [2.05, 4.69) is 0 Å². The average molecular weight is 209 g/mol. The van der Waals surface area contributed by atoms with Gasteiger partial charge in [-0.3, -0.25) is 4.79 Å². The quantitative estimate of drug-likeness (QED) is 0.740. The summed E-state index contributed by atoms with van der Waals surface area (Å²) in [5, 5.41) is 9.04. The highest BCUT2D eigenvalue weighted by molar-refractivity contribution is 5.68. The molecule has 3 rings (SSSR count). The van der Waals surface area contributed by atoms with Gasteiger partial charge in [-0.25, -0.2) is 0 Å². The second-order valence-electron chi connectivity index (χ2n) is 5.80. The van der Waals surface area contributed by atoms with E-state index in [0.29, 0.717) is 24.8 Å². The number of rotatable bonds is 3. The van der Waals surface area contributed by atoms with Gasteiger partial charge in [0.25, 0.3) is 0 Å². The van der Waals surface area contributed by atoms with Crippen molar-refractivity contribution in [1.29, 1.82) is 0 Å². The van der Waals surface area contributed by atoms with Crippen LogP contribution < -0.4 is 5.73 Å². The first-order valence-electron chi connectivity index (χ1n) is 6.09. The maximum atomic E-state index is 11.0. The van der Waals surface area contributed by atoms with Crippen molar-refractivity contribution in [2.24, 2.45) is 34.8 Å². The molecule has 3 heteroatoms. The SMILES string of the molecule is NC[C@@]1(CC(=O)O)C2CCC3CC2C1C3. The Morgan fingerprint density at radius 1 is 1.33 bits per heavy atom. The Labute approximate surface area is 90.0 Å². The van der Waals surface area contributed by atoms with Gasteiger partial charge in [0.15, 0.2) is 0 Å². The minimum atomic E-state index is -0.658. The normalized spacial score (nSPS) is 51.3. The molecular weight excluding hydrogens is 190 g/mol. The van der Waals surface area contributed by atoms with Gasteiger partial charge in [-0.1, -0.05) is 6.42 Å². The number of hydrogen-bond donors (Lipinski definition) is 2. The van der Waals surface area contributed by atoms with Crippen LogP contribution in [0.15, 0.2) is 0 Å². The lowest BCUT2D eigenvalue weighted by Crippen LogP contribution is -2.59. The molecule has 0 aliphatic heterocycles. The van der Waals surface area contributed by atoms with Crippen molar-refractivity contribution in [2.75, 3.05) is 6.54 Å². The second-order valence-corrected chi connectivity index (χ2v) is 5.80. The number of carboxylic acids is 1. The molecule has 0 saturated heterocycles. The molecule has 3 fully saturated rings. The highest BCUT2D eigenvalue weighted by Gasteiger charge is 2.65. The summed E-state index contributed by atoms with van der Waals surface area (Å²) in [6.45, 7) is 0.581. The Hall–Kier alpha value is -0.570. The molecule has 3 N–H and O–H groups in total. The number of carboxylic acid groups (broad SMARTS) is 1. The van der Waals surface area contributed by atoms with Crippen molar-refractivity contribution in [1.82, 2.24) is 0 Å². The van der Waals surface area contributed by atoms with E-state index in [1.165, 1.54) is 25.7 Å². The Morgan fingerprint density at radius 2 is 2.13 bits per heavy atom. The molecule has 3 saturated carbocycles. The zero-order chi connectivity index (χ0) is 10.6. The van der Waals surface area contributed by atoms with Gasteiger partial charge in [0.05, 0.1) is 6.42 Å². The fraction of sp³-hybridized carbons (Fsp3) is 0.917. The first-order chi connectivity index (χ1) is 7.17. The molecule has 0 radical (unpaired) electrons. The molecule has 5 atom stereocenters. The molecule has 0 heterocycles. The van der Waals surface area contributed by atoms with Gasteiger partial charge in [-0.05, 0) is 54.9 Å². The highest BCUT2D eigenvalue weighted by Crippen LogP contribution is 2.70. The number of aliphatic carboxylic acids is 1. The lowest BCUT2D eigenvalue weighted by Gasteiger charge is -2.59. The molecule has 4 unspecified atom stereocenters. The predicted molar refractivity (Wildman–Crippen MR) is 56.2 cm³/mol. The van der Waals surface area contributed by atoms with Crippen molar-refractivity contribution in [2.45, 2.75) is 32.1 Å². The van der Waals surface area contributed by atoms with Crippen LogP contribution in [0.2, 0.25) is 0 Å². The van der Waals surface area contributed by atoms with Gasteiger partial charge in [0.1, 0.15) is 0 Å². The molecule has 84 valence electrons. The smallest absolute Gasteiger partial charge is 0.303 e. The van der Waals surface area contributed by atoms with Crippen molar-refractivity contribution in [3.05, 3.63) is 0 Å². The third-order valence-corrected chi connectivity index (χ3v) is 5.45. The minimum absolute atomic E-state index is 0.0260. The maximum absolute atomic E-state index is 11.0. The summed E-state index contributed by atoms with van der Waals surface area (Å²) in [6, 6.07) is 0. The fourth-order valence-electron chi connectivity index (χ4n) is 4.94. The van der Waals surface area contributed by atoms with E-state index in [9.17, 15) is 4.79 Å². The average Bonchev–Trinajstić information content (AvgIpc) is 2.40. The summed E-state index contributed by atoms with van der Waals surface area (Å²) < 4.78 is 0. The van der Waals surface area contributed by atoms with Crippen LogP contribution >= 0.6 is 0 Å². The Morgan fingerprint density at radius 3 is 2.80 bits per heavy atom. The first-order valence-corrected chi connectivity index (χ1v) is 6.09. The molecular formula is C12H19NO2. The maximum Gasteiger partial charge on any atom is 0.303 e. The number of hydrogen-bond acceptors (Lipinski definition) is 2. The summed E-state index contributed by atoms with van der Waals surface area (Å²) in [4.78, 5) is 11.0. The van der Waals surface area contributed by atoms with E-state index in [0.717, 1.165) is 11.8 Å². The molecule has 0 aromatic rings. The second kappa shape index (κ2) is 2.97. The van der Waals surface area contributed by atoms with Gasteiger partial charge >= 0.3 is 5.97 Å². The zero-order valence-electron chi connectivity index (χ0n) is 8.98. The standard InChI is InChI=1S/C12H19NO2/c13-6-12(5-11(14)15)9-2-1-7-3-8(9)10(12)4-7/h7-10H,1-6,13H2,(H,14,15)/t7?,8?,9?,10?,12-/m0/s1. The summed E-state index contributed by atoms with van der Waals surface area (Å²) in [7, 11) is 0. The molecule has 3 nitrogen and oxygen atoms in total.